The van der Waals surface area contributed by atoms with Gasteiger partial charge < -0.3 is 0 Å². The standard InChI is InChI=1S/C19H20N4O2S/c1-15-3-5-17(6-4-15)11-12-26(24,25)22-16(2)18-7-9-19(10-8-18)23-14-20-13-21-23/h3-14,16,22H,1-2H3. The fourth-order valence-electron chi connectivity index (χ4n) is 2.46. The van der Waals surface area contributed by atoms with E-state index in [-0.39, 0.29) is 6.04 Å². The van der Waals surface area contributed by atoms with Gasteiger partial charge in [-0.05, 0) is 43.2 Å². The molecule has 0 radical (unpaired) electrons. The number of rotatable bonds is 6. The molecule has 26 heavy (non-hydrogen) atoms. The zero-order chi connectivity index (χ0) is 18.6. The molecule has 0 saturated carbocycles. The Morgan fingerprint density at radius 1 is 1.08 bits per heavy atom. The zero-order valence-electron chi connectivity index (χ0n) is 14.6. The lowest BCUT2D eigenvalue weighted by molar-refractivity contribution is 0.576. The molecule has 0 bridgehead atoms. The van der Waals surface area contributed by atoms with Crippen LogP contribution in [0.25, 0.3) is 11.8 Å². The Kier molecular flexibility index (Phi) is 5.29. The SMILES string of the molecule is Cc1ccc(C=CS(=O)(=O)NC(C)c2ccc(-n3cncn3)cc2)cc1. The molecule has 0 aliphatic rings. The van der Waals surface area contributed by atoms with Crippen LogP contribution in [-0.2, 0) is 10.0 Å². The van der Waals surface area contributed by atoms with Crippen molar-refractivity contribution in [3.8, 4) is 5.69 Å². The number of benzene rings is 2. The molecule has 6 nitrogen and oxygen atoms in total. The highest BCUT2D eigenvalue weighted by atomic mass is 32.2. The van der Waals surface area contributed by atoms with Gasteiger partial charge in [-0.2, -0.15) is 5.10 Å². The number of hydrogen-bond donors (Lipinski definition) is 1. The summed E-state index contributed by atoms with van der Waals surface area (Å²) in [5, 5.41) is 5.26. The highest BCUT2D eigenvalue weighted by Crippen LogP contribution is 2.16. The van der Waals surface area contributed by atoms with Gasteiger partial charge in [0.2, 0.25) is 10.0 Å². The van der Waals surface area contributed by atoms with Gasteiger partial charge >= 0.3 is 0 Å². The van der Waals surface area contributed by atoms with E-state index in [2.05, 4.69) is 14.8 Å². The summed E-state index contributed by atoms with van der Waals surface area (Å²) < 4.78 is 28.9. The number of hydrogen-bond acceptors (Lipinski definition) is 4. The fourth-order valence-corrected chi connectivity index (χ4v) is 3.50. The molecule has 1 N–H and O–H groups in total. The van der Waals surface area contributed by atoms with E-state index in [0.29, 0.717) is 0 Å². The zero-order valence-corrected chi connectivity index (χ0v) is 15.4. The molecule has 0 amide bonds. The maximum absolute atomic E-state index is 12.3. The Morgan fingerprint density at radius 3 is 2.38 bits per heavy atom. The lowest BCUT2D eigenvalue weighted by atomic mass is 10.1. The Morgan fingerprint density at radius 2 is 1.77 bits per heavy atom. The van der Waals surface area contributed by atoms with E-state index in [1.54, 1.807) is 17.1 Å². The topological polar surface area (TPSA) is 76.9 Å². The number of aryl methyl sites for hydroxylation is 1. The van der Waals surface area contributed by atoms with Crippen molar-refractivity contribution in [2.75, 3.05) is 0 Å². The van der Waals surface area contributed by atoms with Crippen LogP contribution in [0.1, 0.15) is 29.7 Å². The monoisotopic (exact) mass is 368 g/mol. The van der Waals surface area contributed by atoms with Crippen molar-refractivity contribution in [1.82, 2.24) is 19.5 Å². The number of nitrogens with one attached hydrogen (secondary N) is 1. The van der Waals surface area contributed by atoms with Crippen LogP contribution in [0.2, 0.25) is 0 Å². The molecule has 2 aromatic carbocycles. The quantitative estimate of drug-likeness (QED) is 0.725. The Labute approximate surface area is 153 Å². The second kappa shape index (κ2) is 7.63. The molecule has 7 heteroatoms. The molecule has 0 saturated heterocycles. The lowest BCUT2D eigenvalue weighted by Gasteiger charge is -2.13. The highest BCUT2D eigenvalue weighted by Gasteiger charge is 2.13. The van der Waals surface area contributed by atoms with E-state index in [4.69, 9.17) is 0 Å². The molecular formula is C19H20N4O2S. The predicted molar refractivity (Wildman–Crippen MR) is 102 cm³/mol. The summed E-state index contributed by atoms with van der Waals surface area (Å²) in [6.45, 7) is 3.80. The average Bonchev–Trinajstić information content (AvgIpc) is 3.16. The Balaban J connectivity index is 1.68. The molecule has 1 unspecified atom stereocenters. The van der Waals surface area contributed by atoms with Crippen molar-refractivity contribution in [2.45, 2.75) is 19.9 Å². The molecular weight excluding hydrogens is 348 g/mol. The van der Waals surface area contributed by atoms with E-state index in [1.165, 1.54) is 11.7 Å². The molecule has 0 fully saturated rings. The Bertz CT molecular complexity index is 977. The van der Waals surface area contributed by atoms with E-state index < -0.39 is 10.0 Å². The third-order valence-electron chi connectivity index (χ3n) is 3.93. The Hall–Kier alpha value is -2.77. The van der Waals surface area contributed by atoms with E-state index in [1.807, 2.05) is 62.4 Å². The van der Waals surface area contributed by atoms with Gasteiger partial charge in [0.05, 0.1) is 5.69 Å². The molecule has 3 aromatic rings. The van der Waals surface area contributed by atoms with Crippen molar-refractivity contribution in [3.05, 3.63) is 83.3 Å². The molecule has 0 spiro atoms. The van der Waals surface area contributed by atoms with Crippen LogP contribution in [0.5, 0.6) is 0 Å². The number of nitrogens with zero attached hydrogens (tertiary/aromatic N) is 3. The van der Waals surface area contributed by atoms with Crippen LogP contribution in [0.15, 0.2) is 66.6 Å². The fraction of sp³-hybridized carbons (Fsp3) is 0.158. The maximum atomic E-state index is 12.3. The maximum Gasteiger partial charge on any atom is 0.234 e. The number of aromatic nitrogens is 3. The minimum atomic E-state index is -3.55. The van der Waals surface area contributed by atoms with Gasteiger partial charge in [-0.15, -0.1) is 0 Å². The number of sulfonamides is 1. The first-order chi connectivity index (χ1) is 12.4. The van der Waals surface area contributed by atoms with Gasteiger partial charge in [0.1, 0.15) is 12.7 Å². The summed E-state index contributed by atoms with van der Waals surface area (Å²) in [5.41, 5.74) is 3.69. The van der Waals surface area contributed by atoms with Gasteiger partial charge in [0, 0.05) is 11.4 Å². The summed E-state index contributed by atoms with van der Waals surface area (Å²) in [4.78, 5) is 3.91. The van der Waals surface area contributed by atoms with Gasteiger partial charge in [-0.1, -0.05) is 42.0 Å². The van der Waals surface area contributed by atoms with E-state index >= 15 is 0 Å². The van der Waals surface area contributed by atoms with Crippen molar-refractivity contribution in [2.24, 2.45) is 0 Å². The van der Waals surface area contributed by atoms with Gasteiger partial charge in [0.25, 0.3) is 0 Å². The highest BCUT2D eigenvalue weighted by molar-refractivity contribution is 7.92. The minimum Gasteiger partial charge on any atom is -0.223 e. The third-order valence-corrected chi connectivity index (χ3v) is 5.11. The normalized spacial score (nSPS) is 13.2. The van der Waals surface area contributed by atoms with Crippen LogP contribution in [0, 0.1) is 6.92 Å². The summed E-state index contributed by atoms with van der Waals surface area (Å²) in [7, 11) is -3.55. The molecule has 3 rings (SSSR count). The molecule has 1 aromatic heterocycles. The van der Waals surface area contributed by atoms with Crippen molar-refractivity contribution in [1.29, 1.82) is 0 Å². The summed E-state index contributed by atoms with van der Waals surface area (Å²) >= 11 is 0. The van der Waals surface area contributed by atoms with Crippen LogP contribution >= 0.6 is 0 Å². The van der Waals surface area contributed by atoms with Crippen LogP contribution in [-0.4, -0.2) is 23.2 Å². The van der Waals surface area contributed by atoms with Crippen LogP contribution < -0.4 is 4.72 Å². The molecule has 0 aliphatic carbocycles. The molecule has 134 valence electrons. The third kappa shape index (κ3) is 4.65. The van der Waals surface area contributed by atoms with Gasteiger partial charge in [-0.3, -0.25) is 0 Å². The first-order valence-corrected chi connectivity index (χ1v) is 9.70. The van der Waals surface area contributed by atoms with Crippen molar-refractivity contribution >= 4 is 16.1 Å². The van der Waals surface area contributed by atoms with Crippen molar-refractivity contribution < 1.29 is 8.42 Å². The average molecular weight is 368 g/mol. The molecule has 0 aliphatic heterocycles. The van der Waals surface area contributed by atoms with E-state index in [9.17, 15) is 8.42 Å². The summed E-state index contributed by atoms with van der Waals surface area (Å²) in [6, 6.07) is 14.8. The largest absolute Gasteiger partial charge is 0.234 e. The smallest absolute Gasteiger partial charge is 0.223 e. The summed E-state index contributed by atoms with van der Waals surface area (Å²) in [6.07, 6.45) is 4.66. The van der Waals surface area contributed by atoms with Crippen LogP contribution in [0.4, 0.5) is 0 Å². The second-order valence-electron chi connectivity index (χ2n) is 6.03. The minimum absolute atomic E-state index is 0.354. The van der Waals surface area contributed by atoms with Gasteiger partial charge in [0.15, 0.2) is 0 Å². The van der Waals surface area contributed by atoms with Crippen molar-refractivity contribution in [3.63, 3.8) is 0 Å². The van der Waals surface area contributed by atoms with Gasteiger partial charge in [-0.25, -0.2) is 22.8 Å². The molecule has 1 heterocycles. The second-order valence-corrected chi connectivity index (χ2v) is 7.63. The van der Waals surface area contributed by atoms with E-state index in [0.717, 1.165) is 22.4 Å². The lowest BCUT2D eigenvalue weighted by Crippen LogP contribution is -2.24. The van der Waals surface area contributed by atoms with Crippen LogP contribution in [0.3, 0.4) is 0 Å². The summed E-state index contributed by atoms with van der Waals surface area (Å²) in [5.74, 6) is 0. The first kappa shape index (κ1) is 18.0. The first-order valence-electron chi connectivity index (χ1n) is 8.15. The predicted octanol–water partition coefficient (Wildman–Crippen LogP) is 3.23. The molecule has 1 atom stereocenters.